The molecule has 1 nitrogen and oxygen atoms in total. The fourth-order valence-corrected chi connectivity index (χ4v) is 1.84. The van der Waals surface area contributed by atoms with E-state index in [2.05, 4.69) is 20.8 Å². The van der Waals surface area contributed by atoms with Gasteiger partial charge in [-0.15, -0.1) is 0 Å². The van der Waals surface area contributed by atoms with E-state index in [-0.39, 0.29) is 0 Å². The Morgan fingerprint density at radius 2 is 1.85 bits per heavy atom. The smallest absolute Gasteiger partial charge is 0.00746 e. The first-order valence-electron chi connectivity index (χ1n) is 5.94. The van der Waals surface area contributed by atoms with Crippen molar-refractivity contribution >= 4 is 0 Å². The molecule has 0 saturated heterocycles. The van der Waals surface area contributed by atoms with Gasteiger partial charge in [-0.25, -0.2) is 0 Å². The van der Waals surface area contributed by atoms with Crippen molar-refractivity contribution in [1.29, 1.82) is 0 Å². The van der Waals surface area contributed by atoms with Crippen LogP contribution in [0.15, 0.2) is 0 Å². The lowest BCUT2D eigenvalue weighted by Gasteiger charge is -2.19. The molecule has 0 aromatic rings. The van der Waals surface area contributed by atoms with Gasteiger partial charge in [-0.3, -0.25) is 0 Å². The summed E-state index contributed by atoms with van der Waals surface area (Å²) in [7, 11) is 0. The van der Waals surface area contributed by atoms with Crippen molar-refractivity contribution < 1.29 is 0 Å². The van der Waals surface area contributed by atoms with Crippen molar-refractivity contribution in [2.45, 2.75) is 59.3 Å². The van der Waals surface area contributed by atoms with Crippen molar-refractivity contribution in [2.24, 2.45) is 17.6 Å². The standard InChI is InChI=1S/C12H27N/c1-4-6-7-12(8-9-13)10-11(3)5-2/h11-12H,4-10,13H2,1-3H3/t11-,12?/m1/s1. The molecule has 0 amide bonds. The maximum atomic E-state index is 5.62. The highest BCUT2D eigenvalue weighted by Gasteiger charge is 2.10. The molecule has 13 heavy (non-hydrogen) atoms. The highest BCUT2D eigenvalue weighted by molar-refractivity contribution is 4.63. The second-order valence-corrected chi connectivity index (χ2v) is 4.33. The number of hydrogen-bond acceptors (Lipinski definition) is 1. The molecule has 0 fully saturated rings. The number of nitrogens with two attached hydrogens (primary N) is 1. The Kier molecular flexibility index (Phi) is 8.53. The van der Waals surface area contributed by atoms with Crippen LogP contribution in [0.25, 0.3) is 0 Å². The normalized spacial score (nSPS) is 15.7. The first-order chi connectivity index (χ1) is 6.24. The Hall–Kier alpha value is -0.0400. The molecule has 0 aromatic carbocycles. The molecule has 80 valence electrons. The van der Waals surface area contributed by atoms with Crippen LogP contribution < -0.4 is 5.73 Å². The molecule has 0 aromatic heterocycles. The summed E-state index contributed by atoms with van der Waals surface area (Å²) in [4.78, 5) is 0. The molecule has 0 aliphatic carbocycles. The zero-order chi connectivity index (χ0) is 10.1. The zero-order valence-corrected chi connectivity index (χ0v) is 9.68. The van der Waals surface area contributed by atoms with Crippen molar-refractivity contribution in [3.63, 3.8) is 0 Å². The maximum absolute atomic E-state index is 5.62. The minimum atomic E-state index is 0.866. The average Bonchev–Trinajstić information content (AvgIpc) is 2.14. The molecule has 0 radical (unpaired) electrons. The summed E-state index contributed by atoms with van der Waals surface area (Å²) < 4.78 is 0. The second-order valence-electron chi connectivity index (χ2n) is 4.33. The van der Waals surface area contributed by atoms with Crippen LogP contribution in [0.1, 0.15) is 59.3 Å². The molecule has 0 saturated carbocycles. The van der Waals surface area contributed by atoms with E-state index in [1.165, 1.54) is 38.5 Å². The summed E-state index contributed by atoms with van der Waals surface area (Å²) in [5.74, 6) is 1.77. The molecule has 0 aliphatic heterocycles. The van der Waals surface area contributed by atoms with E-state index in [1.54, 1.807) is 0 Å². The number of rotatable bonds is 8. The molecular formula is C12H27N. The predicted octanol–water partition coefficient (Wildman–Crippen LogP) is 3.58. The third kappa shape index (κ3) is 7.06. The van der Waals surface area contributed by atoms with Crippen LogP contribution in [0.4, 0.5) is 0 Å². The number of unbranched alkanes of at least 4 members (excludes halogenated alkanes) is 1. The first kappa shape index (κ1) is 13.0. The highest BCUT2D eigenvalue weighted by Crippen LogP contribution is 2.22. The van der Waals surface area contributed by atoms with Crippen molar-refractivity contribution in [3.8, 4) is 0 Å². The van der Waals surface area contributed by atoms with Crippen LogP contribution in [-0.2, 0) is 0 Å². The van der Waals surface area contributed by atoms with E-state index < -0.39 is 0 Å². The van der Waals surface area contributed by atoms with Crippen molar-refractivity contribution in [2.75, 3.05) is 6.54 Å². The van der Waals surface area contributed by atoms with E-state index in [1.807, 2.05) is 0 Å². The lowest BCUT2D eigenvalue weighted by molar-refractivity contribution is 0.340. The van der Waals surface area contributed by atoms with Crippen LogP contribution in [0.2, 0.25) is 0 Å². The van der Waals surface area contributed by atoms with Gasteiger partial charge in [0.05, 0.1) is 0 Å². The topological polar surface area (TPSA) is 26.0 Å². The largest absolute Gasteiger partial charge is 0.330 e. The minimum absolute atomic E-state index is 0.866. The molecule has 0 rings (SSSR count). The molecule has 0 heterocycles. The van der Waals surface area contributed by atoms with Gasteiger partial charge in [0.2, 0.25) is 0 Å². The van der Waals surface area contributed by atoms with Crippen LogP contribution in [0.3, 0.4) is 0 Å². The van der Waals surface area contributed by atoms with Gasteiger partial charge in [0.15, 0.2) is 0 Å². The zero-order valence-electron chi connectivity index (χ0n) is 9.68. The van der Waals surface area contributed by atoms with Crippen molar-refractivity contribution in [1.82, 2.24) is 0 Å². The molecule has 2 atom stereocenters. The van der Waals surface area contributed by atoms with Gasteiger partial charge in [-0.05, 0) is 31.2 Å². The fraction of sp³-hybridized carbons (Fsp3) is 1.00. The maximum Gasteiger partial charge on any atom is -0.00746 e. The Morgan fingerprint density at radius 1 is 1.15 bits per heavy atom. The van der Waals surface area contributed by atoms with Crippen LogP contribution in [0.5, 0.6) is 0 Å². The Balaban J connectivity index is 3.65. The predicted molar refractivity (Wildman–Crippen MR) is 60.8 cm³/mol. The van der Waals surface area contributed by atoms with Crippen molar-refractivity contribution in [3.05, 3.63) is 0 Å². The third-order valence-electron chi connectivity index (χ3n) is 2.97. The van der Waals surface area contributed by atoms with Gasteiger partial charge in [0.25, 0.3) is 0 Å². The van der Waals surface area contributed by atoms with Gasteiger partial charge in [0, 0.05) is 0 Å². The minimum Gasteiger partial charge on any atom is -0.330 e. The molecular weight excluding hydrogens is 158 g/mol. The van der Waals surface area contributed by atoms with E-state index >= 15 is 0 Å². The summed E-state index contributed by atoms with van der Waals surface area (Å²) in [5, 5.41) is 0. The fourth-order valence-electron chi connectivity index (χ4n) is 1.84. The molecule has 0 bridgehead atoms. The second kappa shape index (κ2) is 8.55. The summed E-state index contributed by atoms with van der Waals surface area (Å²) in [6.45, 7) is 7.77. The Labute approximate surface area is 84.1 Å². The van der Waals surface area contributed by atoms with Gasteiger partial charge in [-0.2, -0.15) is 0 Å². The number of hydrogen-bond donors (Lipinski definition) is 1. The van der Waals surface area contributed by atoms with Gasteiger partial charge < -0.3 is 5.73 Å². The van der Waals surface area contributed by atoms with E-state index in [4.69, 9.17) is 5.73 Å². The lowest BCUT2D eigenvalue weighted by atomic mass is 9.88. The summed E-state index contributed by atoms with van der Waals surface area (Å²) in [6, 6.07) is 0. The van der Waals surface area contributed by atoms with Crippen LogP contribution in [-0.4, -0.2) is 6.54 Å². The SMILES string of the molecule is CCCCC(CCN)C[C@H](C)CC. The van der Waals surface area contributed by atoms with E-state index in [0.717, 1.165) is 18.4 Å². The molecule has 0 spiro atoms. The quantitative estimate of drug-likeness (QED) is 0.614. The Morgan fingerprint density at radius 3 is 2.31 bits per heavy atom. The summed E-state index contributed by atoms with van der Waals surface area (Å²) in [5.41, 5.74) is 5.62. The van der Waals surface area contributed by atoms with Gasteiger partial charge in [-0.1, -0.05) is 46.5 Å². The monoisotopic (exact) mass is 185 g/mol. The summed E-state index contributed by atoms with van der Waals surface area (Å²) >= 11 is 0. The molecule has 2 N–H and O–H groups in total. The summed E-state index contributed by atoms with van der Waals surface area (Å²) in [6.07, 6.45) is 8.01. The van der Waals surface area contributed by atoms with Crippen LogP contribution in [0, 0.1) is 11.8 Å². The van der Waals surface area contributed by atoms with E-state index in [9.17, 15) is 0 Å². The third-order valence-corrected chi connectivity index (χ3v) is 2.97. The van der Waals surface area contributed by atoms with Crippen LogP contribution >= 0.6 is 0 Å². The molecule has 1 heteroatoms. The highest BCUT2D eigenvalue weighted by atomic mass is 14.5. The molecule has 0 aliphatic rings. The average molecular weight is 185 g/mol. The lowest BCUT2D eigenvalue weighted by Crippen LogP contribution is -2.12. The molecule has 1 unspecified atom stereocenters. The van der Waals surface area contributed by atoms with E-state index in [0.29, 0.717) is 0 Å². The first-order valence-corrected chi connectivity index (χ1v) is 5.94. The van der Waals surface area contributed by atoms with Gasteiger partial charge in [0.1, 0.15) is 0 Å². The van der Waals surface area contributed by atoms with Gasteiger partial charge >= 0.3 is 0 Å². The Bertz CT molecular complexity index is 101.